The summed E-state index contributed by atoms with van der Waals surface area (Å²) >= 11 is 0. The molecular weight excluding hydrogens is 482 g/mol. The molecule has 0 radical (unpaired) electrons. The summed E-state index contributed by atoms with van der Waals surface area (Å²) in [5, 5.41) is 2.89. The van der Waals surface area contributed by atoms with Crippen LogP contribution in [0.4, 0.5) is 0 Å². The Bertz CT molecular complexity index is 1420. The molecule has 1 aromatic carbocycles. The number of carbonyl (C=O) groups excluding carboxylic acids is 2. The predicted molar refractivity (Wildman–Crippen MR) is 135 cm³/mol. The van der Waals surface area contributed by atoms with Crippen molar-refractivity contribution >= 4 is 32.9 Å². The maximum atomic E-state index is 13.7. The molecule has 194 valence electrons. The van der Waals surface area contributed by atoms with Gasteiger partial charge in [0.05, 0.1) is 30.1 Å². The quantitative estimate of drug-likeness (QED) is 0.466. The minimum atomic E-state index is -4.03. The van der Waals surface area contributed by atoms with Crippen LogP contribution in [0.5, 0.6) is 0 Å². The number of aromatic nitrogens is 3. The SMILES string of the molecule is CCOC(=O)c1c(S(=O)(=O)N2CCC[C@H](C(=O)NCc3nc4ccc(C)cc4[nH]3)C2)c(C)n(C)c1C. The highest BCUT2D eigenvalue weighted by Crippen LogP contribution is 2.32. The van der Waals surface area contributed by atoms with Gasteiger partial charge in [-0.3, -0.25) is 4.79 Å². The normalized spacial score (nSPS) is 16.9. The van der Waals surface area contributed by atoms with Crippen LogP contribution >= 0.6 is 0 Å². The van der Waals surface area contributed by atoms with Crippen molar-refractivity contribution in [2.24, 2.45) is 13.0 Å². The Hall–Kier alpha value is -3.18. The summed E-state index contributed by atoms with van der Waals surface area (Å²) in [6.45, 7) is 7.74. The van der Waals surface area contributed by atoms with Crippen molar-refractivity contribution < 1.29 is 22.7 Å². The van der Waals surface area contributed by atoms with Crippen LogP contribution in [0, 0.1) is 26.7 Å². The zero-order chi connectivity index (χ0) is 26.2. The number of ether oxygens (including phenoxy) is 1. The summed E-state index contributed by atoms with van der Waals surface area (Å²) in [7, 11) is -2.31. The smallest absolute Gasteiger partial charge is 0.341 e. The lowest BCUT2D eigenvalue weighted by atomic mass is 9.99. The van der Waals surface area contributed by atoms with Gasteiger partial charge in [-0.25, -0.2) is 18.2 Å². The van der Waals surface area contributed by atoms with E-state index in [1.54, 1.807) is 32.4 Å². The molecule has 2 aromatic heterocycles. The van der Waals surface area contributed by atoms with Crippen molar-refractivity contribution in [1.29, 1.82) is 0 Å². The Labute approximate surface area is 211 Å². The second kappa shape index (κ2) is 10.1. The lowest BCUT2D eigenvalue weighted by molar-refractivity contribution is -0.126. The molecule has 0 unspecified atom stereocenters. The Morgan fingerprint density at radius 3 is 2.69 bits per heavy atom. The molecule has 1 aliphatic rings. The van der Waals surface area contributed by atoms with E-state index in [1.807, 2.05) is 25.1 Å². The largest absolute Gasteiger partial charge is 0.462 e. The van der Waals surface area contributed by atoms with E-state index in [9.17, 15) is 18.0 Å². The number of rotatable bonds is 7. The fourth-order valence-corrected chi connectivity index (χ4v) is 6.76. The fraction of sp³-hybridized carbons (Fsp3) is 0.480. The Balaban J connectivity index is 1.51. The molecule has 10 nitrogen and oxygen atoms in total. The Morgan fingerprint density at radius 2 is 1.97 bits per heavy atom. The van der Waals surface area contributed by atoms with Crippen molar-refractivity contribution in [2.45, 2.75) is 52.0 Å². The van der Waals surface area contributed by atoms with Gasteiger partial charge < -0.3 is 19.6 Å². The van der Waals surface area contributed by atoms with E-state index >= 15 is 0 Å². The number of amides is 1. The number of hydrogen-bond donors (Lipinski definition) is 2. The molecule has 1 amide bonds. The molecule has 0 bridgehead atoms. The van der Waals surface area contributed by atoms with Crippen LogP contribution in [0.1, 0.15) is 52.9 Å². The van der Waals surface area contributed by atoms with Gasteiger partial charge in [0.15, 0.2) is 0 Å². The first-order valence-corrected chi connectivity index (χ1v) is 13.5. The molecular formula is C25H33N5O5S. The van der Waals surface area contributed by atoms with Crippen LogP contribution < -0.4 is 5.32 Å². The molecule has 4 rings (SSSR count). The maximum Gasteiger partial charge on any atom is 0.341 e. The third kappa shape index (κ3) is 4.77. The van der Waals surface area contributed by atoms with Crippen molar-refractivity contribution in [3.8, 4) is 0 Å². The van der Waals surface area contributed by atoms with E-state index < -0.39 is 21.9 Å². The number of piperidine rings is 1. The monoisotopic (exact) mass is 515 g/mol. The molecule has 0 spiro atoms. The molecule has 1 fully saturated rings. The number of aromatic amines is 1. The molecule has 0 aliphatic carbocycles. The number of benzene rings is 1. The van der Waals surface area contributed by atoms with Crippen molar-refractivity contribution in [1.82, 2.24) is 24.2 Å². The highest BCUT2D eigenvalue weighted by molar-refractivity contribution is 7.89. The molecule has 11 heteroatoms. The Morgan fingerprint density at radius 1 is 1.22 bits per heavy atom. The van der Waals surface area contributed by atoms with Crippen molar-refractivity contribution in [3.63, 3.8) is 0 Å². The zero-order valence-corrected chi connectivity index (χ0v) is 22.2. The second-order valence-electron chi connectivity index (χ2n) is 9.28. The van der Waals surface area contributed by atoms with Gasteiger partial charge >= 0.3 is 5.97 Å². The number of H-pyrrole nitrogens is 1. The first-order chi connectivity index (χ1) is 17.0. The number of carbonyl (C=O) groups is 2. The molecule has 1 saturated heterocycles. The van der Waals surface area contributed by atoms with Crippen LogP contribution in [0.3, 0.4) is 0 Å². The summed E-state index contributed by atoms with van der Waals surface area (Å²) < 4.78 is 35.6. The van der Waals surface area contributed by atoms with Gasteiger partial charge in [0.1, 0.15) is 16.3 Å². The van der Waals surface area contributed by atoms with Crippen LogP contribution in [0.15, 0.2) is 23.1 Å². The van der Waals surface area contributed by atoms with E-state index in [0.29, 0.717) is 30.1 Å². The van der Waals surface area contributed by atoms with Crippen LogP contribution in [0.2, 0.25) is 0 Å². The molecule has 36 heavy (non-hydrogen) atoms. The second-order valence-corrected chi connectivity index (χ2v) is 11.2. The van der Waals surface area contributed by atoms with Crippen LogP contribution in [-0.2, 0) is 33.1 Å². The number of esters is 1. The molecule has 3 aromatic rings. The summed E-state index contributed by atoms with van der Waals surface area (Å²) in [5.74, 6) is -0.752. The standard InChI is InChI=1S/C25H33N5O5S/c1-6-35-25(32)22-16(3)29(5)17(4)23(22)36(33,34)30-11-7-8-18(14-30)24(31)26-13-21-27-19-10-9-15(2)12-20(19)28-21/h9-10,12,18H,6-8,11,13-14H2,1-5H3,(H,26,31)(H,27,28)/t18-/m0/s1. The number of fused-ring (bicyclic) bond motifs is 1. The fourth-order valence-electron chi connectivity index (χ4n) is 4.76. The number of imidazole rings is 1. The first-order valence-electron chi connectivity index (χ1n) is 12.1. The van der Waals surface area contributed by atoms with Gasteiger partial charge in [-0.15, -0.1) is 0 Å². The maximum absolute atomic E-state index is 13.7. The third-order valence-corrected chi connectivity index (χ3v) is 8.90. The number of sulfonamides is 1. The average molecular weight is 516 g/mol. The average Bonchev–Trinajstić information content (AvgIpc) is 3.36. The lowest BCUT2D eigenvalue weighted by Crippen LogP contribution is -2.45. The molecule has 2 N–H and O–H groups in total. The number of hydrogen-bond acceptors (Lipinski definition) is 6. The van der Waals surface area contributed by atoms with Gasteiger partial charge in [-0.1, -0.05) is 6.07 Å². The Kier molecular flexibility index (Phi) is 7.24. The van der Waals surface area contributed by atoms with E-state index in [1.165, 1.54) is 4.31 Å². The molecule has 3 heterocycles. The molecule has 1 aliphatic heterocycles. The minimum Gasteiger partial charge on any atom is -0.462 e. The van der Waals surface area contributed by atoms with Crippen molar-refractivity contribution in [2.75, 3.05) is 19.7 Å². The minimum absolute atomic E-state index is 0.0421. The van der Waals surface area contributed by atoms with E-state index in [-0.39, 0.29) is 42.6 Å². The number of nitrogens with zero attached hydrogens (tertiary/aromatic N) is 3. The summed E-state index contributed by atoms with van der Waals surface area (Å²) in [4.78, 5) is 33.3. The highest BCUT2D eigenvalue weighted by Gasteiger charge is 2.39. The summed E-state index contributed by atoms with van der Waals surface area (Å²) in [6, 6.07) is 5.90. The third-order valence-electron chi connectivity index (χ3n) is 6.87. The summed E-state index contributed by atoms with van der Waals surface area (Å²) in [6.07, 6.45) is 1.12. The van der Waals surface area contributed by atoms with E-state index in [4.69, 9.17) is 4.74 Å². The van der Waals surface area contributed by atoms with Gasteiger partial charge in [0, 0.05) is 31.5 Å². The first kappa shape index (κ1) is 25.9. The van der Waals surface area contributed by atoms with E-state index in [2.05, 4.69) is 15.3 Å². The molecule has 1 atom stereocenters. The topological polar surface area (TPSA) is 126 Å². The zero-order valence-electron chi connectivity index (χ0n) is 21.3. The van der Waals surface area contributed by atoms with E-state index in [0.717, 1.165) is 16.6 Å². The van der Waals surface area contributed by atoms with Crippen LogP contribution in [0.25, 0.3) is 11.0 Å². The van der Waals surface area contributed by atoms with Crippen LogP contribution in [-0.4, -0.2) is 58.8 Å². The highest BCUT2D eigenvalue weighted by atomic mass is 32.2. The van der Waals surface area contributed by atoms with Crippen molar-refractivity contribution in [3.05, 3.63) is 46.5 Å². The number of nitrogens with one attached hydrogen (secondary N) is 2. The molecule has 0 saturated carbocycles. The lowest BCUT2D eigenvalue weighted by Gasteiger charge is -2.31. The van der Waals surface area contributed by atoms with Gasteiger partial charge in [0.25, 0.3) is 0 Å². The summed E-state index contributed by atoms with van der Waals surface area (Å²) in [5.41, 5.74) is 3.88. The number of aryl methyl sites for hydroxylation is 1. The van der Waals surface area contributed by atoms with Gasteiger partial charge in [-0.2, -0.15) is 4.31 Å². The predicted octanol–water partition coefficient (Wildman–Crippen LogP) is 2.72. The van der Waals surface area contributed by atoms with Gasteiger partial charge in [0.2, 0.25) is 15.9 Å². The van der Waals surface area contributed by atoms with Gasteiger partial charge in [-0.05, 0) is 58.2 Å².